The summed E-state index contributed by atoms with van der Waals surface area (Å²) in [4.78, 5) is 12.9. The van der Waals surface area contributed by atoms with Crippen LogP contribution in [0.2, 0.25) is 0 Å². The molecule has 1 aromatic carbocycles. The number of hydrogen-bond donors (Lipinski definition) is 2. The fourth-order valence-corrected chi connectivity index (χ4v) is 2.89. The molecule has 1 unspecified atom stereocenters. The second-order valence-corrected chi connectivity index (χ2v) is 7.18. The fraction of sp³-hybridized carbons (Fsp3) is 0.444. The predicted molar refractivity (Wildman–Crippen MR) is 97.4 cm³/mol. The number of anilines is 1. The minimum absolute atomic E-state index is 0.0194. The van der Waals surface area contributed by atoms with Crippen LogP contribution in [0, 0.1) is 0 Å². The van der Waals surface area contributed by atoms with E-state index in [1.165, 1.54) is 10.7 Å². The second-order valence-electron chi connectivity index (χ2n) is 7.18. The molecular weight excluding hydrogens is 350 g/mol. The van der Waals surface area contributed by atoms with E-state index in [9.17, 15) is 9.90 Å². The van der Waals surface area contributed by atoms with Crippen LogP contribution < -0.4 is 10.1 Å². The van der Waals surface area contributed by atoms with E-state index in [1.54, 1.807) is 19.1 Å². The monoisotopic (exact) mass is 373 g/mol. The molecule has 0 aliphatic carbocycles. The summed E-state index contributed by atoms with van der Waals surface area (Å²) in [6, 6.07) is 4.29. The van der Waals surface area contributed by atoms with Gasteiger partial charge in [0, 0.05) is 5.70 Å². The van der Waals surface area contributed by atoms with Crippen LogP contribution in [0.25, 0.3) is 0 Å². The molecule has 2 heterocycles. The van der Waals surface area contributed by atoms with Crippen LogP contribution in [-0.2, 0) is 9.53 Å². The van der Waals surface area contributed by atoms with Gasteiger partial charge in [0.1, 0.15) is 11.6 Å². The van der Waals surface area contributed by atoms with E-state index in [-0.39, 0.29) is 5.75 Å². The number of rotatable bonds is 4. The van der Waals surface area contributed by atoms with Crippen molar-refractivity contribution >= 4 is 11.9 Å². The maximum Gasteiger partial charge on any atom is 0.338 e. The molecule has 1 aromatic heterocycles. The third-order valence-corrected chi connectivity index (χ3v) is 3.93. The summed E-state index contributed by atoms with van der Waals surface area (Å²) in [7, 11) is 0. The third kappa shape index (κ3) is 3.71. The molecule has 0 amide bonds. The fourth-order valence-electron chi connectivity index (χ4n) is 2.89. The Kier molecular flexibility index (Phi) is 4.77. The molecule has 1 aliphatic heterocycles. The quantitative estimate of drug-likeness (QED) is 0.786. The van der Waals surface area contributed by atoms with Crippen molar-refractivity contribution in [3.63, 3.8) is 0 Å². The molecule has 0 spiro atoms. The Balaban J connectivity index is 2.12. The lowest BCUT2D eigenvalue weighted by molar-refractivity contribution is -0.150. The lowest BCUT2D eigenvalue weighted by Gasteiger charge is -2.29. The van der Waals surface area contributed by atoms with Crippen LogP contribution in [0.15, 0.2) is 29.5 Å². The maximum absolute atomic E-state index is 12.9. The van der Waals surface area contributed by atoms with Crippen LogP contribution in [0.4, 0.5) is 5.95 Å². The number of aromatic nitrogens is 4. The van der Waals surface area contributed by atoms with Gasteiger partial charge < -0.3 is 19.9 Å². The number of ether oxygens (including phenoxy) is 2. The number of tetrazole rings is 1. The topological polar surface area (TPSA) is 111 Å². The van der Waals surface area contributed by atoms with E-state index in [0.29, 0.717) is 35.1 Å². The Morgan fingerprint density at radius 1 is 1.37 bits per heavy atom. The first-order valence-electron chi connectivity index (χ1n) is 8.66. The molecule has 1 aliphatic rings. The molecule has 9 nitrogen and oxygen atoms in total. The number of nitrogens with zero attached hydrogens (tertiary/aromatic N) is 4. The van der Waals surface area contributed by atoms with Gasteiger partial charge in [0.2, 0.25) is 5.95 Å². The average Bonchev–Trinajstić information content (AvgIpc) is 3.02. The normalized spacial score (nSPS) is 16.6. The Bertz CT molecular complexity index is 897. The van der Waals surface area contributed by atoms with Gasteiger partial charge in [-0.05, 0) is 62.7 Å². The zero-order valence-electron chi connectivity index (χ0n) is 16.0. The highest BCUT2D eigenvalue weighted by Crippen LogP contribution is 2.38. The Morgan fingerprint density at radius 2 is 2.11 bits per heavy atom. The molecule has 9 heteroatoms. The van der Waals surface area contributed by atoms with Crippen LogP contribution in [0.1, 0.15) is 46.2 Å². The van der Waals surface area contributed by atoms with Crippen LogP contribution >= 0.6 is 0 Å². The number of fused-ring (bicyclic) bond motifs is 1. The summed E-state index contributed by atoms with van der Waals surface area (Å²) in [6.45, 7) is 9.42. The Morgan fingerprint density at radius 3 is 2.78 bits per heavy atom. The van der Waals surface area contributed by atoms with E-state index in [0.717, 1.165) is 0 Å². The molecule has 0 fully saturated rings. The standard InChI is InChI=1S/C18H23N5O4/c1-6-26-13-9-11(7-8-12(13)24)15-14(16(25)27-18(3,4)5)10(2)19-17-20-21-22-23(15)17/h7-9,15,24H,6H2,1-5H3,(H,19,20,22). The number of hydrogen-bond acceptors (Lipinski definition) is 8. The summed E-state index contributed by atoms with van der Waals surface area (Å²) in [5.41, 5.74) is 1.02. The lowest BCUT2D eigenvalue weighted by Crippen LogP contribution is -2.33. The van der Waals surface area contributed by atoms with Crippen molar-refractivity contribution in [2.24, 2.45) is 0 Å². The first kappa shape index (κ1) is 18.7. The summed E-state index contributed by atoms with van der Waals surface area (Å²) in [5, 5.41) is 24.7. The van der Waals surface area contributed by atoms with Gasteiger partial charge in [0.15, 0.2) is 11.5 Å². The molecule has 0 radical (unpaired) electrons. The molecular formula is C18H23N5O4. The van der Waals surface area contributed by atoms with E-state index < -0.39 is 17.6 Å². The van der Waals surface area contributed by atoms with Gasteiger partial charge in [0.05, 0.1) is 12.2 Å². The number of carbonyl (C=O) groups excluding carboxylic acids is 1. The average molecular weight is 373 g/mol. The highest BCUT2D eigenvalue weighted by molar-refractivity contribution is 5.92. The summed E-state index contributed by atoms with van der Waals surface area (Å²) in [5.74, 6) is 0.288. The number of esters is 1. The number of allylic oxidation sites excluding steroid dienone is 1. The molecule has 1 atom stereocenters. The van der Waals surface area contributed by atoms with Crippen LogP contribution in [-0.4, -0.2) is 43.5 Å². The van der Waals surface area contributed by atoms with Gasteiger partial charge in [-0.1, -0.05) is 11.2 Å². The van der Waals surface area contributed by atoms with Crippen molar-refractivity contribution in [2.45, 2.75) is 46.3 Å². The first-order valence-corrected chi connectivity index (χ1v) is 8.66. The number of benzene rings is 1. The van der Waals surface area contributed by atoms with Gasteiger partial charge in [-0.25, -0.2) is 4.79 Å². The SMILES string of the molecule is CCOc1cc(C2C(C(=O)OC(C)(C)C)=C(C)Nc3nnnn32)ccc1O. The van der Waals surface area contributed by atoms with Crippen molar-refractivity contribution in [1.82, 2.24) is 20.2 Å². The van der Waals surface area contributed by atoms with Crippen molar-refractivity contribution in [1.29, 1.82) is 0 Å². The third-order valence-electron chi connectivity index (χ3n) is 3.93. The molecule has 0 saturated heterocycles. The van der Waals surface area contributed by atoms with Crippen molar-refractivity contribution in [3.8, 4) is 11.5 Å². The number of nitrogens with one attached hydrogen (secondary N) is 1. The molecule has 144 valence electrons. The van der Waals surface area contributed by atoms with Gasteiger partial charge in [-0.15, -0.1) is 0 Å². The van der Waals surface area contributed by atoms with Crippen molar-refractivity contribution in [3.05, 3.63) is 35.0 Å². The van der Waals surface area contributed by atoms with E-state index in [2.05, 4.69) is 20.8 Å². The summed E-state index contributed by atoms with van der Waals surface area (Å²) >= 11 is 0. The molecule has 2 aromatic rings. The number of aromatic hydroxyl groups is 1. The van der Waals surface area contributed by atoms with Gasteiger partial charge in [-0.2, -0.15) is 4.68 Å². The number of phenols is 1. The predicted octanol–water partition coefficient (Wildman–Crippen LogP) is 2.41. The highest BCUT2D eigenvalue weighted by Gasteiger charge is 2.36. The zero-order chi connectivity index (χ0) is 19.8. The molecule has 27 heavy (non-hydrogen) atoms. The van der Waals surface area contributed by atoms with Crippen molar-refractivity contribution in [2.75, 3.05) is 11.9 Å². The Hall–Kier alpha value is -3.10. The lowest BCUT2D eigenvalue weighted by atomic mass is 9.95. The van der Waals surface area contributed by atoms with Gasteiger partial charge >= 0.3 is 5.97 Å². The summed E-state index contributed by atoms with van der Waals surface area (Å²) in [6.07, 6.45) is 0. The second kappa shape index (κ2) is 6.90. The van der Waals surface area contributed by atoms with E-state index in [1.807, 2.05) is 27.7 Å². The summed E-state index contributed by atoms with van der Waals surface area (Å²) < 4.78 is 12.6. The van der Waals surface area contributed by atoms with E-state index >= 15 is 0 Å². The number of phenolic OH excluding ortho intramolecular Hbond substituents is 1. The first-order chi connectivity index (χ1) is 12.7. The highest BCUT2D eigenvalue weighted by atomic mass is 16.6. The zero-order valence-corrected chi connectivity index (χ0v) is 16.0. The Labute approximate surface area is 157 Å². The minimum Gasteiger partial charge on any atom is -0.504 e. The molecule has 3 rings (SSSR count). The minimum atomic E-state index is -0.652. The van der Waals surface area contributed by atoms with Crippen molar-refractivity contribution < 1.29 is 19.4 Å². The molecule has 0 bridgehead atoms. The van der Waals surface area contributed by atoms with Crippen LogP contribution in [0.3, 0.4) is 0 Å². The van der Waals surface area contributed by atoms with E-state index in [4.69, 9.17) is 9.47 Å². The maximum atomic E-state index is 12.9. The smallest absolute Gasteiger partial charge is 0.338 e. The largest absolute Gasteiger partial charge is 0.504 e. The number of carbonyl (C=O) groups is 1. The molecule has 2 N–H and O–H groups in total. The van der Waals surface area contributed by atoms with Crippen LogP contribution in [0.5, 0.6) is 11.5 Å². The van der Waals surface area contributed by atoms with Gasteiger partial charge in [0.25, 0.3) is 0 Å². The molecule has 0 saturated carbocycles. The van der Waals surface area contributed by atoms with Gasteiger partial charge in [-0.3, -0.25) is 0 Å².